The fraction of sp³-hybridized carbons (Fsp3) is 0.643. The Labute approximate surface area is 128 Å². The van der Waals surface area contributed by atoms with Gasteiger partial charge in [-0.25, -0.2) is 4.79 Å². The molecule has 0 aliphatic carbocycles. The highest BCUT2D eigenvalue weighted by Gasteiger charge is 2.24. The minimum Gasteiger partial charge on any atom is -0.388 e. The van der Waals surface area contributed by atoms with Crippen LogP contribution in [0.25, 0.3) is 0 Å². The molecule has 7 heteroatoms. The third kappa shape index (κ3) is 5.17. The molecule has 21 heavy (non-hydrogen) atoms. The zero-order chi connectivity index (χ0) is 16.2. The van der Waals surface area contributed by atoms with Gasteiger partial charge in [-0.2, -0.15) is 4.98 Å². The van der Waals surface area contributed by atoms with Crippen molar-refractivity contribution in [1.82, 2.24) is 15.3 Å². The molecular weight excluding hydrogens is 290 g/mol. The summed E-state index contributed by atoms with van der Waals surface area (Å²) in [5.74, 6) is -0.0141. The molecule has 1 unspecified atom stereocenters. The fourth-order valence-electron chi connectivity index (χ4n) is 2.29. The van der Waals surface area contributed by atoms with Crippen LogP contribution in [0.15, 0.2) is 9.82 Å². The maximum absolute atomic E-state index is 12.3. The lowest BCUT2D eigenvalue weighted by atomic mass is 9.94. The predicted molar refractivity (Wildman–Crippen MR) is 83.8 cm³/mol. The molecule has 0 aliphatic heterocycles. The smallest absolute Gasteiger partial charge is 0.346 e. The molecule has 3 N–H and O–H groups in total. The van der Waals surface area contributed by atoms with Gasteiger partial charge in [-0.05, 0) is 32.4 Å². The molecule has 0 bridgehead atoms. The molecule has 0 spiro atoms. The van der Waals surface area contributed by atoms with Crippen LogP contribution in [0.2, 0.25) is 0 Å². The number of carbonyl (C=O) groups excluding carboxylic acids is 1. The van der Waals surface area contributed by atoms with Crippen molar-refractivity contribution < 1.29 is 9.90 Å². The molecule has 0 fully saturated rings. The Kier molecular flexibility index (Phi) is 5.98. The first-order valence-corrected chi connectivity index (χ1v) is 8.04. The number of aryl methyl sites for hydroxylation is 1. The molecule has 0 radical (unpaired) electrons. The standard InChI is InChI=1S/C14H23N3O3S/c1-8(2)6-14(4,20)7-15-11(18)10-9(3)16-13(19)17-12(10)21-5/h8,20H,6-7H2,1-5H3,(H,15,18)(H,16,17,19). The van der Waals surface area contributed by atoms with Gasteiger partial charge in [0, 0.05) is 12.2 Å². The van der Waals surface area contributed by atoms with Gasteiger partial charge in [0.15, 0.2) is 0 Å². The van der Waals surface area contributed by atoms with Crippen LogP contribution in [0.5, 0.6) is 0 Å². The van der Waals surface area contributed by atoms with Crippen molar-refractivity contribution in [2.24, 2.45) is 5.92 Å². The van der Waals surface area contributed by atoms with Crippen LogP contribution in [0.4, 0.5) is 0 Å². The van der Waals surface area contributed by atoms with Crippen LogP contribution < -0.4 is 11.0 Å². The molecule has 1 rings (SSSR count). The van der Waals surface area contributed by atoms with E-state index in [1.165, 1.54) is 11.8 Å². The second-order valence-corrected chi connectivity index (χ2v) is 6.62. The van der Waals surface area contributed by atoms with Gasteiger partial charge >= 0.3 is 5.69 Å². The van der Waals surface area contributed by atoms with Gasteiger partial charge in [0.2, 0.25) is 0 Å². The van der Waals surface area contributed by atoms with Crippen LogP contribution in [0.1, 0.15) is 43.2 Å². The minimum atomic E-state index is -0.965. The lowest BCUT2D eigenvalue weighted by Gasteiger charge is -2.25. The van der Waals surface area contributed by atoms with E-state index in [4.69, 9.17) is 0 Å². The number of nitrogens with one attached hydrogen (secondary N) is 2. The van der Waals surface area contributed by atoms with Crippen molar-refractivity contribution in [2.45, 2.75) is 44.7 Å². The molecule has 0 saturated carbocycles. The molecule has 1 aromatic heterocycles. The third-order valence-electron chi connectivity index (χ3n) is 2.98. The van der Waals surface area contributed by atoms with Crippen molar-refractivity contribution in [1.29, 1.82) is 0 Å². The van der Waals surface area contributed by atoms with E-state index in [0.717, 1.165) is 0 Å². The number of H-pyrrole nitrogens is 1. The summed E-state index contributed by atoms with van der Waals surface area (Å²) in [6, 6.07) is 0. The fourth-order valence-corrected chi connectivity index (χ4v) is 2.91. The van der Waals surface area contributed by atoms with E-state index < -0.39 is 11.3 Å². The van der Waals surface area contributed by atoms with Crippen molar-refractivity contribution >= 4 is 17.7 Å². The second kappa shape index (κ2) is 7.09. The molecule has 0 aromatic carbocycles. The number of amides is 1. The number of hydrogen-bond acceptors (Lipinski definition) is 5. The largest absolute Gasteiger partial charge is 0.388 e. The zero-order valence-corrected chi connectivity index (χ0v) is 13.9. The van der Waals surface area contributed by atoms with Gasteiger partial charge in [-0.1, -0.05) is 13.8 Å². The molecule has 0 saturated heterocycles. The monoisotopic (exact) mass is 313 g/mol. The maximum Gasteiger partial charge on any atom is 0.346 e. The number of aromatic amines is 1. The number of thioether (sulfide) groups is 1. The Bertz CT molecular complexity index is 567. The number of aliphatic hydroxyl groups is 1. The predicted octanol–water partition coefficient (Wildman–Crippen LogP) is 1.33. The SMILES string of the molecule is CSc1nc(=O)[nH]c(C)c1C(=O)NCC(C)(O)CC(C)C. The average Bonchev–Trinajstić information content (AvgIpc) is 2.33. The summed E-state index contributed by atoms with van der Waals surface area (Å²) >= 11 is 1.24. The van der Waals surface area contributed by atoms with Gasteiger partial charge in [-0.15, -0.1) is 11.8 Å². The number of aromatic nitrogens is 2. The first kappa shape index (κ1) is 17.7. The molecule has 1 aromatic rings. The van der Waals surface area contributed by atoms with E-state index in [9.17, 15) is 14.7 Å². The van der Waals surface area contributed by atoms with Gasteiger partial charge < -0.3 is 15.4 Å². The van der Waals surface area contributed by atoms with Crippen LogP contribution in [-0.4, -0.2) is 39.4 Å². The molecule has 1 amide bonds. The van der Waals surface area contributed by atoms with Gasteiger partial charge in [0.25, 0.3) is 5.91 Å². The van der Waals surface area contributed by atoms with Crippen molar-refractivity contribution in [3.8, 4) is 0 Å². The highest BCUT2D eigenvalue weighted by molar-refractivity contribution is 7.98. The van der Waals surface area contributed by atoms with E-state index in [0.29, 0.717) is 28.6 Å². The molecule has 6 nitrogen and oxygen atoms in total. The van der Waals surface area contributed by atoms with Crippen molar-refractivity contribution in [3.05, 3.63) is 21.7 Å². The molecular formula is C14H23N3O3S. The quantitative estimate of drug-likeness (QED) is 0.544. The van der Waals surface area contributed by atoms with E-state index in [2.05, 4.69) is 15.3 Å². The highest BCUT2D eigenvalue weighted by Crippen LogP contribution is 2.19. The Morgan fingerprint density at radius 1 is 1.52 bits per heavy atom. The summed E-state index contributed by atoms with van der Waals surface area (Å²) < 4.78 is 0. The van der Waals surface area contributed by atoms with Gasteiger partial charge in [0.1, 0.15) is 5.03 Å². The third-order valence-corrected chi connectivity index (χ3v) is 3.67. The Hall–Kier alpha value is -1.34. The zero-order valence-electron chi connectivity index (χ0n) is 13.1. The number of rotatable bonds is 6. The van der Waals surface area contributed by atoms with Crippen molar-refractivity contribution in [3.63, 3.8) is 0 Å². The first-order chi connectivity index (χ1) is 9.66. The number of nitrogens with zero attached hydrogens (tertiary/aromatic N) is 1. The molecule has 0 aliphatic rings. The van der Waals surface area contributed by atoms with Crippen LogP contribution >= 0.6 is 11.8 Å². The van der Waals surface area contributed by atoms with E-state index in [1.54, 1.807) is 20.1 Å². The summed E-state index contributed by atoms with van der Waals surface area (Å²) in [6.45, 7) is 7.53. The molecule has 118 valence electrons. The Morgan fingerprint density at radius 2 is 2.14 bits per heavy atom. The normalized spacial score (nSPS) is 14.0. The minimum absolute atomic E-state index is 0.149. The number of carbonyl (C=O) groups is 1. The lowest BCUT2D eigenvalue weighted by molar-refractivity contribution is 0.0367. The van der Waals surface area contributed by atoms with E-state index in [-0.39, 0.29) is 12.5 Å². The van der Waals surface area contributed by atoms with Crippen LogP contribution in [0, 0.1) is 12.8 Å². The Morgan fingerprint density at radius 3 is 2.67 bits per heavy atom. The summed E-state index contributed by atoms with van der Waals surface area (Å²) in [7, 11) is 0. The lowest BCUT2D eigenvalue weighted by Crippen LogP contribution is -2.42. The van der Waals surface area contributed by atoms with Crippen LogP contribution in [0.3, 0.4) is 0 Å². The topological polar surface area (TPSA) is 95.1 Å². The molecule has 1 atom stereocenters. The van der Waals surface area contributed by atoms with E-state index in [1.807, 2.05) is 13.8 Å². The number of hydrogen-bond donors (Lipinski definition) is 3. The highest BCUT2D eigenvalue weighted by atomic mass is 32.2. The van der Waals surface area contributed by atoms with E-state index >= 15 is 0 Å². The van der Waals surface area contributed by atoms with Crippen molar-refractivity contribution in [2.75, 3.05) is 12.8 Å². The second-order valence-electron chi connectivity index (χ2n) is 5.83. The van der Waals surface area contributed by atoms with Gasteiger partial charge in [-0.3, -0.25) is 4.79 Å². The summed E-state index contributed by atoms with van der Waals surface area (Å²) in [6.07, 6.45) is 2.35. The van der Waals surface area contributed by atoms with Gasteiger partial charge in [0.05, 0.1) is 11.2 Å². The Balaban J connectivity index is 2.88. The average molecular weight is 313 g/mol. The summed E-state index contributed by atoms with van der Waals surface area (Å²) in [5.41, 5.74) is -0.615. The molecule has 1 heterocycles. The maximum atomic E-state index is 12.3. The van der Waals surface area contributed by atoms with Crippen LogP contribution in [-0.2, 0) is 0 Å². The summed E-state index contributed by atoms with van der Waals surface area (Å²) in [5, 5.41) is 13.3. The first-order valence-electron chi connectivity index (χ1n) is 6.82. The summed E-state index contributed by atoms with van der Waals surface area (Å²) in [4.78, 5) is 29.9.